The number of rotatable bonds is 3. The van der Waals surface area contributed by atoms with E-state index in [-0.39, 0.29) is 11.8 Å². The lowest BCUT2D eigenvalue weighted by molar-refractivity contribution is -0.117. The van der Waals surface area contributed by atoms with E-state index in [9.17, 15) is 9.59 Å². The SMILES string of the molecule is CCN1C(=O)Cc2cc(NC(=O)c3ccc4ncsc4c3)ccc21. The van der Waals surface area contributed by atoms with Gasteiger partial charge < -0.3 is 10.2 Å². The molecule has 2 aromatic carbocycles. The Morgan fingerprint density at radius 1 is 1.29 bits per heavy atom. The second-order valence-corrected chi connectivity index (χ2v) is 6.53. The number of anilines is 2. The third-order valence-corrected chi connectivity index (χ3v) is 4.97. The van der Waals surface area contributed by atoms with Crippen LogP contribution in [-0.2, 0) is 11.2 Å². The molecular formula is C18H15N3O2S. The fourth-order valence-electron chi connectivity index (χ4n) is 3.01. The molecule has 0 saturated carbocycles. The molecule has 3 aromatic rings. The van der Waals surface area contributed by atoms with Crippen LogP contribution < -0.4 is 10.2 Å². The fraction of sp³-hybridized carbons (Fsp3) is 0.167. The van der Waals surface area contributed by atoms with Crippen molar-refractivity contribution >= 4 is 44.7 Å². The minimum atomic E-state index is -0.165. The van der Waals surface area contributed by atoms with Gasteiger partial charge in [0.25, 0.3) is 5.91 Å². The van der Waals surface area contributed by atoms with E-state index >= 15 is 0 Å². The normalized spacial score (nSPS) is 13.4. The summed E-state index contributed by atoms with van der Waals surface area (Å²) in [6, 6.07) is 11.1. The van der Waals surface area contributed by atoms with Crippen molar-refractivity contribution in [2.24, 2.45) is 0 Å². The van der Waals surface area contributed by atoms with Crippen LogP contribution in [0.15, 0.2) is 41.9 Å². The van der Waals surface area contributed by atoms with Gasteiger partial charge in [-0.25, -0.2) is 4.98 Å². The highest BCUT2D eigenvalue weighted by Gasteiger charge is 2.26. The number of hydrogen-bond donors (Lipinski definition) is 1. The van der Waals surface area contributed by atoms with Gasteiger partial charge in [0.2, 0.25) is 5.91 Å². The monoisotopic (exact) mass is 337 g/mol. The van der Waals surface area contributed by atoms with Crippen molar-refractivity contribution in [2.45, 2.75) is 13.3 Å². The van der Waals surface area contributed by atoms with Crippen LogP contribution in [0.1, 0.15) is 22.8 Å². The number of carbonyl (C=O) groups excluding carboxylic acids is 2. The van der Waals surface area contributed by atoms with Crippen molar-refractivity contribution in [3.63, 3.8) is 0 Å². The van der Waals surface area contributed by atoms with Crippen LogP contribution in [0.4, 0.5) is 11.4 Å². The quantitative estimate of drug-likeness (QED) is 0.796. The predicted octanol–water partition coefficient (Wildman–Crippen LogP) is 3.46. The van der Waals surface area contributed by atoms with Gasteiger partial charge in [0.1, 0.15) is 0 Å². The van der Waals surface area contributed by atoms with Crippen molar-refractivity contribution in [1.29, 1.82) is 0 Å². The van der Waals surface area contributed by atoms with E-state index in [1.165, 1.54) is 11.3 Å². The van der Waals surface area contributed by atoms with E-state index in [0.717, 1.165) is 21.5 Å². The molecule has 120 valence electrons. The van der Waals surface area contributed by atoms with E-state index in [1.807, 2.05) is 37.3 Å². The van der Waals surface area contributed by atoms with Gasteiger partial charge in [-0.2, -0.15) is 0 Å². The Morgan fingerprint density at radius 2 is 2.17 bits per heavy atom. The highest BCUT2D eigenvalue weighted by Crippen LogP contribution is 2.31. The second kappa shape index (κ2) is 5.72. The Morgan fingerprint density at radius 3 is 3.00 bits per heavy atom. The Bertz CT molecular complexity index is 964. The van der Waals surface area contributed by atoms with Crippen LogP contribution >= 0.6 is 11.3 Å². The Kier molecular flexibility index (Phi) is 3.54. The molecule has 4 rings (SSSR count). The molecule has 2 heterocycles. The van der Waals surface area contributed by atoms with Crippen LogP contribution in [0.5, 0.6) is 0 Å². The highest BCUT2D eigenvalue weighted by atomic mass is 32.1. The number of likely N-dealkylation sites (N-methyl/N-ethyl adjacent to an activating group) is 1. The summed E-state index contributed by atoms with van der Waals surface area (Å²) in [4.78, 5) is 30.4. The molecule has 0 aliphatic carbocycles. The minimum absolute atomic E-state index is 0.103. The van der Waals surface area contributed by atoms with Crippen LogP contribution in [0.25, 0.3) is 10.2 Å². The van der Waals surface area contributed by atoms with Gasteiger partial charge in [-0.15, -0.1) is 11.3 Å². The van der Waals surface area contributed by atoms with Crippen LogP contribution in [0.3, 0.4) is 0 Å². The number of thiazole rings is 1. The van der Waals surface area contributed by atoms with Crippen molar-refractivity contribution in [3.8, 4) is 0 Å². The first-order valence-corrected chi connectivity index (χ1v) is 8.61. The summed E-state index contributed by atoms with van der Waals surface area (Å²) in [5, 5.41) is 2.91. The van der Waals surface area contributed by atoms with E-state index in [1.54, 1.807) is 16.5 Å². The van der Waals surface area contributed by atoms with E-state index in [2.05, 4.69) is 10.3 Å². The smallest absolute Gasteiger partial charge is 0.255 e. The maximum absolute atomic E-state index is 12.5. The number of nitrogens with zero attached hydrogens (tertiary/aromatic N) is 2. The molecule has 0 fully saturated rings. The number of hydrogen-bond acceptors (Lipinski definition) is 4. The molecule has 1 aliphatic rings. The molecule has 0 atom stereocenters. The molecule has 2 amide bonds. The lowest BCUT2D eigenvalue weighted by Crippen LogP contribution is -2.25. The Labute approximate surface area is 142 Å². The zero-order chi connectivity index (χ0) is 16.7. The van der Waals surface area contributed by atoms with Crippen molar-refractivity contribution in [3.05, 3.63) is 53.0 Å². The molecule has 5 nitrogen and oxygen atoms in total. The number of aromatic nitrogens is 1. The number of carbonyl (C=O) groups is 2. The molecule has 0 radical (unpaired) electrons. The van der Waals surface area contributed by atoms with Gasteiger partial charge in [-0.3, -0.25) is 9.59 Å². The molecule has 1 N–H and O–H groups in total. The van der Waals surface area contributed by atoms with Crippen LogP contribution in [0.2, 0.25) is 0 Å². The van der Waals surface area contributed by atoms with E-state index in [4.69, 9.17) is 0 Å². The first-order chi connectivity index (χ1) is 11.7. The summed E-state index contributed by atoms with van der Waals surface area (Å²) in [5.41, 5.74) is 5.85. The highest BCUT2D eigenvalue weighted by molar-refractivity contribution is 7.16. The average molecular weight is 337 g/mol. The molecule has 24 heavy (non-hydrogen) atoms. The summed E-state index contributed by atoms with van der Waals surface area (Å²) in [5.74, 6) is -0.0615. The van der Waals surface area contributed by atoms with Gasteiger partial charge in [0.05, 0.1) is 22.1 Å². The largest absolute Gasteiger partial charge is 0.322 e. The first kappa shape index (κ1) is 14.8. The third-order valence-electron chi connectivity index (χ3n) is 4.18. The summed E-state index contributed by atoms with van der Waals surface area (Å²) in [7, 11) is 0. The van der Waals surface area contributed by atoms with E-state index < -0.39 is 0 Å². The molecule has 0 unspecified atom stereocenters. The number of benzene rings is 2. The Hall–Kier alpha value is -2.73. The maximum Gasteiger partial charge on any atom is 0.255 e. The number of amides is 2. The van der Waals surface area contributed by atoms with Crippen molar-refractivity contribution in [1.82, 2.24) is 4.98 Å². The van der Waals surface area contributed by atoms with Gasteiger partial charge in [-0.05, 0) is 48.9 Å². The maximum atomic E-state index is 12.5. The molecule has 0 bridgehead atoms. The van der Waals surface area contributed by atoms with E-state index in [0.29, 0.717) is 24.2 Å². The standard InChI is InChI=1S/C18H15N3O2S/c1-2-21-15-6-4-13(7-12(15)9-17(21)22)20-18(23)11-3-5-14-16(8-11)24-10-19-14/h3-8,10H,2,9H2,1H3,(H,20,23). The average Bonchev–Trinajstić information content (AvgIpc) is 3.16. The molecule has 1 aromatic heterocycles. The van der Waals surface area contributed by atoms with Gasteiger partial charge >= 0.3 is 0 Å². The fourth-order valence-corrected chi connectivity index (χ4v) is 3.72. The Balaban J connectivity index is 1.58. The van der Waals surface area contributed by atoms with Crippen LogP contribution in [0, 0.1) is 0 Å². The molecule has 0 spiro atoms. The zero-order valence-corrected chi connectivity index (χ0v) is 13.9. The molecule has 0 saturated heterocycles. The molecular weight excluding hydrogens is 322 g/mol. The zero-order valence-electron chi connectivity index (χ0n) is 13.1. The van der Waals surface area contributed by atoms with Gasteiger partial charge in [0.15, 0.2) is 0 Å². The van der Waals surface area contributed by atoms with Crippen molar-refractivity contribution < 1.29 is 9.59 Å². The first-order valence-electron chi connectivity index (χ1n) is 7.73. The topological polar surface area (TPSA) is 62.3 Å². The lowest BCUT2D eigenvalue weighted by Gasteiger charge is -2.15. The molecule has 1 aliphatic heterocycles. The van der Waals surface area contributed by atoms with Gasteiger partial charge in [0, 0.05) is 23.5 Å². The third kappa shape index (κ3) is 2.45. The molecule has 6 heteroatoms. The number of nitrogens with one attached hydrogen (secondary N) is 1. The number of fused-ring (bicyclic) bond motifs is 2. The summed E-state index contributed by atoms with van der Waals surface area (Å²) < 4.78 is 0.987. The summed E-state index contributed by atoms with van der Waals surface area (Å²) >= 11 is 1.51. The van der Waals surface area contributed by atoms with Crippen LogP contribution in [-0.4, -0.2) is 23.3 Å². The second-order valence-electron chi connectivity index (χ2n) is 5.65. The minimum Gasteiger partial charge on any atom is -0.322 e. The predicted molar refractivity (Wildman–Crippen MR) is 95.7 cm³/mol. The van der Waals surface area contributed by atoms with Gasteiger partial charge in [-0.1, -0.05) is 0 Å². The summed E-state index contributed by atoms with van der Waals surface area (Å²) in [6.07, 6.45) is 0.389. The van der Waals surface area contributed by atoms with Crippen molar-refractivity contribution in [2.75, 3.05) is 16.8 Å². The lowest BCUT2D eigenvalue weighted by atomic mass is 10.1. The summed E-state index contributed by atoms with van der Waals surface area (Å²) in [6.45, 7) is 2.62.